The molecule has 1 N–H and O–H groups in total. The second-order valence-corrected chi connectivity index (χ2v) is 10.5. The largest absolute Gasteiger partial charge is 0.368 e. The van der Waals surface area contributed by atoms with Gasteiger partial charge in [-0.25, -0.2) is 4.39 Å². The topological polar surface area (TPSA) is 90.4 Å². The van der Waals surface area contributed by atoms with Crippen molar-refractivity contribution < 1.29 is 14.0 Å². The molecule has 2 aliphatic heterocycles. The van der Waals surface area contributed by atoms with E-state index >= 15 is 4.39 Å². The van der Waals surface area contributed by atoms with Gasteiger partial charge in [0.25, 0.3) is 5.91 Å². The molecule has 2 aliphatic rings. The van der Waals surface area contributed by atoms with Crippen LogP contribution in [0.4, 0.5) is 10.1 Å². The SMILES string of the molecule is O=C(CCn1ccnn1)N1CCC=C(c2cc(Cl)c3cc(C(=O)N4CCN(c5ccccc5)CC4)[nH]c3c2F)C1. The fraction of sp³-hybridized carbons (Fsp3) is 0.310. The number of rotatable bonds is 6. The fourth-order valence-electron chi connectivity index (χ4n) is 5.42. The van der Waals surface area contributed by atoms with Crippen molar-refractivity contribution in [3.05, 3.63) is 83.0 Å². The number of nitrogens with zero attached hydrogens (tertiary/aromatic N) is 6. The predicted octanol–water partition coefficient (Wildman–Crippen LogP) is 4.22. The number of hydrogen-bond donors (Lipinski definition) is 1. The van der Waals surface area contributed by atoms with E-state index < -0.39 is 5.82 Å². The highest BCUT2D eigenvalue weighted by Gasteiger charge is 2.27. The molecule has 2 amide bonds. The van der Waals surface area contributed by atoms with Crippen molar-refractivity contribution in [2.75, 3.05) is 44.2 Å². The third-order valence-electron chi connectivity index (χ3n) is 7.60. The molecule has 1 fully saturated rings. The third-order valence-corrected chi connectivity index (χ3v) is 7.91. The summed E-state index contributed by atoms with van der Waals surface area (Å²) in [6.45, 7) is 3.86. The molecule has 9 nitrogen and oxygen atoms in total. The van der Waals surface area contributed by atoms with Gasteiger partial charge in [0, 0.05) is 68.5 Å². The Morgan fingerprint density at radius 2 is 1.82 bits per heavy atom. The van der Waals surface area contributed by atoms with Gasteiger partial charge in [-0.05, 0) is 36.3 Å². The molecule has 0 radical (unpaired) electrons. The third kappa shape index (κ3) is 5.19. The lowest BCUT2D eigenvalue weighted by molar-refractivity contribution is -0.131. The average Bonchev–Trinajstić information content (AvgIpc) is 3.69. The Balaban J connectivity index is 1.16. The normalized spacial score (nSPS) is 15.9. The Morgan fingerprint density at radius 1 is 1.02 bits per heavy atom. The zero-order chi connectivity index (χ0) is 27.6. The van der Waals surface area contributed by atoms with E-state index in [1.807, 2.05) is 24.3 Å². The molecule has 6 rings (SSSR count). The van der Waals surface area contributed by atoms with Crippen LogP contribution in [0.5, 0.6) is 0 Å². The number of carbonyl (C=O) groups is 2. The van der Waals surface area contributed by atoms with Gasteiger partial charge >= 0.3 is 0 Å². The molecule has 11 heteroatoms. The molecular formula is C29H29ClFN7O2. The summed E-state index contributed by atoms with van der Waals surface area (Å²) in [4.78, 5) is 34.9. The van der Waals surface area contributed by atoms with E-state index in [1.165, 1.54) is 0 Å². The summed E-state index contributed by atoms with van der Waals surface area (Å²) in [6.07, 6.45) is 6.12. The molecule has 206 valence electrons. The van der Waals surface area contributed by atoms with Crippen LogP contribution in [-0.4, -0.2) is 80.9 Å². The molecule has 0 unspecified atom stereocenters. The number of fused-ring (bicyclic) bond motifs is 1. The minimum atomic E-state index is -0.476. The predicted molar refractivity (Wildman–Crippen MR) is 152 cm³/mol. The molecule has 40 heavy (non-hydrogen) atoms. The average molecular weight is 562 g/mol. The van der Waals surface area contributed by atoms with Gasteiger partial charge in [0.1, 0.15) is 5.69 Å². The summed E-state index contributed by atoms with van der Waals surface area (Å²) in [7, 11) is 0. The van der Waals surface area contributed by atoms with Crippen LogP contribution in [0.2, 0.25) is 5.02 Å². The van der Waals surface area contributed by atoms with Crippen molar-refractivity contribution in [1.29, 1.82) is 0 Å². The summed E-state index contributed by atoms with van der Waals surface area (Å²) in [5.74, 6) is -0.689. The molecule has 0 saturated carbocycles. The first-order valence-electron chi connectivity index (χ1n) is 13.4. The fourth-order valence-corrected chi connectivity index (χ4v) is 5.67. The van der Waals surface area contributed by atoms with Crippen molar-refractivity contribution in [2.45, 2.75) is 19.4 Å². The number of piperazine rings is 1. The maximum absolute atomic E-state index is 15.9. The highest BCUT2D eigenvalue weighted by atomic mass is 35.5. The van der Waals surface area contributed by atoms with Crippen LogP contribution in [0.1, 0.15) is 28.9 Å². The number of aromatic amines is 1. The minimum Gasteiger partial charge on any atom is -0.368 e. The number of amides is 2. The highest BCUT2D eigenvalue weighted by Crippen LogP contribution is 2.34. The summed E-state index contributed by atoms with van der Waals surface area (Å²) in [5.41, 5.74) is 2.67. The lowest BCUT2D eigenvalue weighted by atomic mass is 9.99. The summed E-state index contributed by atoms with van der Waals surface area (Å²) < 4.78 is 17.5. The van der Waals surface area contributed by atoms with Crippen molar-refractivity contribution in [3.8, 4) is 0 Å². The number of aryl methyl sites for hydroxylation is 1. The van der Waals surface area contributed by atoms with Crippen molar-refractivity contribution >= 4 is 45.6 Å². The Labute approximate surface area is 235 Å². The van der Waals surface area contributed by atoms with E-state index in [-0.39, 0.29) is 30.3 Å². The van der Waals surface area contributed by atoms with Gasteiger partial charge in [-0.15, -0.1) is 5.10 Å². The number of hydrogen-bond acceptors (Lipinski definition) is 5. The summed E-state index contributed by atoms with van der Waals surface area (Å²) in [6, 6.07) is 13.3. The van der Waals surface area contributed by atoms with Gasteiger partial charge < -0.3 is 19.7 Å². The van der Waals surface area contributed by atoms with E-state index in [1.54, 1.807) is 39.0 Å². The van der Waals surface area contributed by atoms with E-state index in [4.69, 9.17) is 11.6 Å². The first-order valence-corrected chi connectivity index (χ1v) is 13.8. The van der Waals surface area contributed by atoms with E-state index in [0.717, 1.165) is 18.8 Å². The van der Waals surface area contributed by atoms with Crippen LogP contribution in [0.25, 0.3) is 16.5 Å². The molecule has 4 heterocycles. The molecule has 2 aromatic carbocycles. The second-order valence-electron chi connectivity index (χ2n) is 10.1. The number of anilines is 1. The second kappa shape index (κ2) is 11.1. The van der Waals surface area contributed by atoms with Crippen LogP contribution >= 0.6 is 11.6 Å². The van der Waals surface area contributed by atoms with Crippen LogP contribution in [0, 0.1) is 5.82 Å². The number of H-pyrrole nitrogens is 1. The maximum Gasteiger partial charge on any atom is 0.270 e. The van der Waals surface area contributed by atoms with Gasteiger partial charge in [0.2, 0.25) is 5.91 Å². The monoisotopic (exact) mass is 561 g/mol. The van der Waals surface area contributed by atoms with E-state index in [0.29, 0.717) is 59.8 Å². The molecule has 0 bridgehead atoms. The van der Waals surface area contributed by atoms with Gasteiger partial charge in [0.15, 0.2) is 5.82 Å². The first kappa shape index (κ1) is 26.1. The van der Waals surface area contributed by atoms with Gasteiger partial charge in [-0.2, -0.15) is 0 Å². The molecule has 0 spiro atoms. The van der Waals surface area contributed by atoms with E-state index in [9.17, 15) is 9.59 Å². The summed E-state index contributed by atoms with van der Waals surface area (Å²) in [5, 5.41) is 8.47. The number of benzene rings is 2. The number of para-hydroxylation sites is 1. The van der Waals surface area contributed by atoms with Crippen LogP contribution in [-0.2, 0) is 11.3 Å². The maximum atomic E-state index is 15.9. The Bertz CT molecular complexity index is 1560. The molecule has 1 saturated heterocycles. The van der Waals surface area contributed by atoms with Crippen LogP contribution in [0.3, 0.4) is 0 Å². The molecule has 2 aromatic heterocycles. The van der Waals surface area contributed by atoms with Gasteiger partial charge in [-0.1, -0.05) is 41.1 Å². The lowest BCUT2D eigenvalue weighted by Crippen LogP contribution is -2.48. The quantitative estimate of drug-likeness (QED) is 0.381. The number of halogens is 2. The highest BCUT2D eigenvalue weighted by molar-refractivity contribution is 6.36. The van der Waals surface area contributed by atoms with Gasteiger partial charge in [-0.3, -0.25) is 14.3 Å². The Morgan fingerprint density at radius 3 is 2.58 bits per heavy atom. The molecular weight excluding hydrogens is 533 g/mol. The molecule has 0 aliphatic carbocycles. The smallest absolute Gasteiger partial charge is 0.270 e. The number of carbonyl (C=O) groups excluding carboxylic acids is 2. The standard InChI is InChI=1S/C29H29ClFN7O2/c30-24-17-22(20-5-4-10-37(19-20)26(39)8-11-38-12-9-32-34-38)27(31)28-23(24)18-25(33-28)29(40)36-15-13-35(14-16-36)21-6-2-1-3-7-21/h1-3,5-7,9,12,17-18,33H,4,8,10-11,13-16,19H2. The van der Waals surface area contributed by atoms with Crippen molar-refractivity contribution in [1.82, 2.24) is 29.8 Å². The number of aromatic nitrogens is 4. The zero-order valence-electron chi connectivity index (χ0n) is 21.9. The Kier molecular flexibility index (Phi) is 7.25. The van der Waals surface area contributed by atoms with E-state index in [2.05, 4.69) is 32.3 Å². The number of nitrogens with one attached hydrogen (secondary N) is 1. The van der Waals surface area contributed by atoms with Crippen LogP contribution in [0.15, 0.2) is 60.9 Å². The van der Waals surface area contributed by atoms with Crippen molar-refractivity contribution in [2.24, 2.45) is 0 Å². The first-order chi connectivity index (χ1) is 19.5. The lowest BCUT2D eigenvalue weighted by Gasteiger charge is -2.36. The molecule has 0 atom stereocenters. The summed E-state index contributed by atoms with van der Waals surface area (Å²) >= 11 is 6.61. The molecule has 4 aromatic rings. The Hall–Kier alpha value is -4.18. The van der Waals surface area contributed by atoms with Crippen molar-refractivity contribution in [3.63, 3.8) is 0 Å². The zero-order valence-corrected chi connectivity index (χ0v) is 22.6. The van der Waals surface area contributed by atoms with Gasteiger partial charge in [0.05, 0.1) is 23.3 Å². The minimum absolute atomic E-state index is 0.0335. The van der Waals surface area contributed by atoms with Crippen LogP contribution < -0.4 is 4.90 Å².